The third kappa shape index (κ3) is 3.08. The van der Waals surface area contributed by atoms with E-state index in [1.807, 2.05) is 24.1 Å². The molecule has 6 nitrogen and oxygen atoms in total. The highest BCUT2D eigenvalue weighted by Crippen LogP contribution is 2.32. The minimum absolute atomic E-state index is 0.239. The molecule has 2 atom stereocenters. The first-order chi connectivity index (χ1) is 10.7. The lowest BCUT2D eigenvalue weighted by atomic mass is 9.92. The Morgan fingerprint density at radius 1 is 1.32 bits per heavy atom. The van der Waals surface area contributed by atoms with Crippen LogP contribution in [0, 0.1) is 5.92 Å². The summed E-state index contributed by atoms with van der Waals surface area (Å²) in [5.41, 5.74) is 2.52. The van der Waals surface area contributed by atoms with E-state index in [1.165, 1.54) is 11.3 Å². The molecule has 0 spiro atoms. The van der Waals surface area contributed by atoms with Gasteiger partial charge in [0, 0.05) is 76.2 Å². The number of rotatable bonds is 6. The van der Waals surface area contributed by atoms with Crippen LogP contribution < -0.4 is 0 Å². The van der Waals surface area contributed by atoms with Gasteiger partial charge in [-0.3, -0.25) is 9.36 Å². The molecule has 1 saturated heterocycles. The molecule has 1 aliphatic rings. The summed E-state index contributed by atoms with van der Waals surface area (Å²) in [7, 11) is 1.94. The molecule has 0 amide bonds. The average molecular weight is 303 g/mol. The van der Waals surface area contributed by atoms with Gasteiger partial charge in [0.2, 0.25) is 0 Å². The highest BCUT2D eigenvalue weighted by molar-refractivity contribution is 5.16. The summed E-state index contributed by atoms with van der Waals surface area (Å²) in [4.78, 5) is 2.45. The van der Waals surface area contributed by atoms with E-state index in [2.05, 4.69) is 39.0 Å². The van der Waals surface area contributed by atoms with Gasteiger partial charge in [-0.15, -0.1) is 0 Å². The molecule has 6 heteroatoms. The van der Waals surface area contributed by atoms with Crippen molar-refractivity contribution in [3.05, 3.63) is 35.9 Å². The molecular formula is C16H25N5O. The maximum Gasteiger partial charge on any atom is 0.0525 e. The maximum absolute atomic E-state index is 9.69. The van der Waals surface area contributed by atoms with Crippen molar-refractivity contribution in [2.24, 2.45) is 13.0 Å². The number of aliphatic hydroxyl groups excluding tert-OH is 1. The largest absolute Gasteiger partial charge is 0.396 e. The number of aliphatic hydroxyl groups is 1. The predicted molar refractivity (Wildman–Crippen MR) is 84.6 cm³/mol. The van der Waals surface area contributed by atoms with E-state index in [1.54, 1.807) is 0 Å². The van der Waals surface area contributed by atoms with E-state index in [0.29, 0.717) is 11.8 Å². The zero-order valence-electron chi connectivity index (χ0n) is 13.4. The summed E-state index contributed by atoms with van der Waals surface area (Å²) in [5.74, 6) is 0.690. The number of hydrogen-bond donors (Lipinski definition) is 1. The number of hydrogen-bond acceptors (Lipinski definition) is 4. The van der Waals surface area contributed by atoms with Crippen LogP contribution in [-0.4, -0.2) is 55.8 Å². The van der Waals surface area contributed by atoms with Gasteiger partial charge in [0.15, 0.2) is 0 Å². The smallest absolute Gasteiger partial charge is 0.0525 e. The molecule has 0 bridgehead atoms. The van der Waals surface area contributed by atoms with Gasteiger partial charge in [0.25, 0.3) is 0 Å². The van der Waals surface area contributed by atoms with Gasteiger partial charge in [-0.05, 0) is 18.6 Å². The van der Waals surface area contributed by atoms with Crippen LogP contribution in [0.2, 0.25) is 0 Å². The predicted octanol–water partition coefficient (Wildman–Crippen LogP) is 0.887. The van der Waals surface area contributed by atoms with Crippen molar-refractivity contribution in [2.45, 2.75) is 25.8 Å². The van der Waals surface area contributed by atoms with Gasteiger partial charge >= 0.3 is 0 Å². The van der Waals surface area contributed by atoms with Crippen LogP contribution in [-0.2, 0) is 20.0 Å². The number of likely N-dealkylation sites (tertiary alicyclic amines) is 1. The Bertz CT molecular complexity index is 605. The lowest BCUT2D eigenvalue weighted by Crippen LogP contribution is -2.25. The molecule has 0 saturated carbocycles. The molecule has 3 rings (SSSR count). The molecule has 2 aromatic heterocycles. The Morgan fingerprint density at radius 3 is 2.86 bits per heavy atom. The number of aromatic nitrogens is 4. The highest BCUT2D eigenvalue weighted by atomic mass is 16.3. The Kier molecular flexibility index (Phi) is 4.59. The topological polar surface area (TPSA) is 59.1 Å². The first-order valence-corrected chi connectivity index (χ1v) is 8.03. The van der Waals surface area contributed by atoms with E-state index in [-0.39, 0.29) is 6.61 Å². The second kappa shape index (κ2) is 6.62. The van der Waals surface area contributed by atoms with Crippen molar-refractivity contribution < 1.29 is 5.11 Å². The Labute approximate surface area is 131 Å². The average Bonchev–Trinajstić information content (AvgIpc) is 3.23. The molecule has 3 heterocycles. The Morgan fingerprint density at radius 2 is 2.18 bits per heavy atom. The van der Waals surface area contributed by atoms with Crippen molar-refractivity contribution in [3.8, 4) is 0 Å². The quantitative estimate of drug-likeness (QED) is 0.861. The molecular weight excluding hydrogens is 278 g/mol. The summed E-state index contributed by atoms with van der Waals surface area (Å²) >= 11 is 0. The second-order valence-electron chi connectivity index (χ2n) is 6.14. The lowest BCUT2D eigenvalue weighted by molar-refractivity contribution is 0.215. The normalized spacial score (nSPS) is 22.5. The van der Waals surface area contributed by atoms with Crippen LogP contribution in [0.15, 0.2) is 24.7 Å². The second-order valence-corrected chi connectivity index (χ2v) is 6.14. The zero-order valence-corrected chi connectivity index (χ0v) is 13.4. The summed E-state index contributed by atoms with van der Waals surface area (Å²) < 4.78 is 3.89. The summed E-state index contributed by atoms with van der Waals surface area (Å²) in [6, 6.07) is 2.10. The first kappa shape index (κ1) is 15.2. The standard InChI is InChI=1S/C16H25N5O/c1-3-21-15(4-6-17-21)5-7-20-10-14(12-22)16(11-20)13-8-18-19(2)9-13/h4,6,8-9,14,16,22H,3,5,7,10-12H2,1-2H3/t14-,16-/m0/s1. The molecule has 2 aromatic rings. The fourth-order valence-electron chi connectivity index (χ4n) is 3.47. The summed E-state index contributed by atoms with van der Waals surface area (Å²) in [5, 5.41) is 18.3. The fourth-order valence-corrected chi connectivity index (χ4v) is 3.47. The van der Waals surface area contributed by atoms with Crippen LogP contribution >= 0.6 is 0 Å². The van der Waals surface area contributed by atoms with Crippen LogP contribution in [0.3, 0.4) is 0 Å². The first-order valence-electron chi connectivity index (χ1n) is 8.03. The molecule has 0 aromatic carbocycles. The van der Waals surface area contributed by atoms with Crippen molar-refractivity contribution in [2.75, 3.05) is 26.2 Å². The molecule has 1 N–H and O–H groups in total. The van der Waals surface area contributed by atoms with E-state index < -0.39 is 0 Å². The van der Waals surface area contributed by atoms with Crippen LogP contribution in [0.4, 0.5) is 0 Å². The maximum atomic E-state index is 9.69. The van der Waals surface area contributed by atoms with E-state index in [4.69, 9.17) is 0 Å². The number of nitrogens with zero attached hydrogens (tertiary/aromatic N) is 5. The molecule has 0 aliphatic carbocycles. The van der Waals surface area contributed by atoms with E-state index >= 15 is 0 Å². The highest BCUT2D eigenvalue weighted by Gasteiger charge is 2.33. The van der Waals surface area contributed by atoms with Crippen molar-refractivity contribution >= 4 is 0 Å². The summed E-state index contributed by atoms with van der Waals surface area (Å²) in [6.07, 6.45) is 6.88. The van der Waals surface area contributed by atoms with Crippen LogP contribution in [0.5, 0.6) is 0 Å². The van der Waals surface area contributed by atoms with Crippen LogP contribution in [0.1, 0.15) is 24.1 Å². The molecule has 1 fully saturated rings. The van der Waals surface area contributed by atoms with E-state index in [0.717, 1.165) is 32.6 Å². The van der Waals surface area contributed by atoms with Gasteiger partial charge in [0.1, 0.15) is 0 Å². The third-order valence-electron chi connectivity index (χ3n) is 4.69. The lowest BCUT2D eigenvalue weighted by Gasteiger charge is -2.15. The number of aryl methyl sites for hydroxylation is 2. The van der Waals surface area contributed by atoms with E-state index in [9.17, 15) is 5.11 Å². The third-order valence-corrected chi connectivity index (χ3v) is 4.69. The van der Waals surface area contributed by atoms with Crippen LogP contribution in [0.25, 0.3) is 0 Å². The van der Waals surface area contributed by atoms with Gasteiger partial charge in [0.05, 0.1) is 6.20 Å². The molecule has 0 unspecified atom stereocenters. The Balaban J connectivity index is 1.62. The zero-order chi connectivity index (χ0) is 15.5. The molecule has 1 aliphatic heterocycles. The van der Waals surface area contributed by atoms with Crippen molar-refractivity contribution in [1.29, 1.82) is 0 Å². The minimum Gasteiger partial charge on any atom is -0.396 e. The fraction of sp³-hybridized carbons (Fsp3) is 0.625. The molecule has 120 valence electrons. The monoisotopic (exact) mass is 303 g/mol. The van der Waals surface area contributed by atoms with Crippen molar-refractivity contribution in [1.82, 2.24) is 24.5 Å². The van der Waals surface area contributed by atoms with Gasteiger partial charge in [-0.1, -0.05) is 0 Å². The minimum atomic E-state index is 0.239. The van der Waals surface area contributed by atoms with Gasteiger partial charge in [-0.2, -0.15) is 10.2 Å². The van der Waals surface area contributed by atoms with Crippen molar-refractivity contribution in [3.63, 3.8) is 0 Å². The van der Waals surface area contributed by atoms with Gasteiger partial charge in [-0.25, -0.2) is 0 Å². The SMILES string of the molecule is CCn1nccc1CCN1C[C@@H](CO)[C@H](c2cnn(C)c2)C1. The van der Waals surface area contributed by atoms with Gasteiger partial charge < -0.3 is 10.0 Å². The Hall–Kier alpha value is -1.66. The molecule has 0 radical (unpaired) electrons. The summed E-state index contributed by atoms with van der Waals surface area (Å²) in [6.45, 7) is 6.24. The molecule has 22 heavy (non-hydrogen) atoms.